The lowest BCUT2D eigenvalue weighted by Gasteiger charge is -2.26. The molecule has 30 heteroatoms. The number of aliphatic hydroxyl groups is 3. The number of carbonyl (C=O) groups is 4. The Labute approximate surface area is 370 Å². The number of phosphoric acid groups is 1. The van der Waals surface area contributed by atoms with E-state index in [9.17, 15) is 58.2 Å². The van der Waals surface area contributed by atoms with Crippen LogP contribution in [0, 0.1) is 6.08 Å². The number of hydrogen-bond acceptors (Lipinski definition) is 21. The molecule has 28 nitrogen and oxygen atoms in total. The Bertz CT molecular complexity index is 2690. The maximum absolute atomic E-state index is 13.8. The van der Waals surface area contributed by atoms with E-state index in [1.165, 1.54) is 25.3 Å². The summed E-state index contributed by atoms with van der Waals surface area (Å²) in [6.45, 7) is -0.409. The zero-order valence-electron chi connectivity index (χ0n) is 34.5. The highest BCUT2D eigenvalue weighted by Gasteiger charge is 2.46. The standard InChI is InChI=1S/C36H44FN14O14P/c1-15(65-66(61,62)63-13-21-26(55)27(56)33(64-21)51-14-43-24-28(38)47-35(37)49-30(24)51)20(12-52)45-23(54)8-9-40-22(53)7-6-19(34(59)60)46-31(57)16-2-4-17(5-3-16)41-10-18-11-42-29-25(44-18)32(58)50-36(39)48-29/h2-5,11,14-15,19-21,26-27,33,41,52,55-56H,6-10,12-13H2,1H3,(H,40,53)(H,45,54)(H,46,57)(H,59,60)(H,61,62)(H2,38,47,49)(H3,39,42,48,50,58)/t15?,19?,20?,21?,26-,27+,33?/m0/s1. The number of fused-ring (bicyclic) bond motifs is 2. The number of rotatable bonds is 21. The number of benzene rings is 1. The van der Waals surface area contributed by atoms with Crippen molar-refractivity contribution in [1.82, 2.24) is 55.4 Å². The highest BCUT2D eigenvalue weighted by Crippen LogP contribution is 2.46. The van der Waals surface area contributed by atoms with Crippen molar-refractivity contribution in [1.29, 1.82) is 0 Å². The molecule has 0 bridgehead atoms. The van der Waals surface area contributed by atoms with Gasteiger partial charge in [0, 0.05) is 30.6 Å². The number of nitrogens with one attached hydrogen (secondary N) is 5. The van der Waals surface area contributed by atoms with Gasteiger partial charge >= 0.3 is 19.9 Å². The molecule has 1 fully saturated rings. The number of imidazole rings is 1. The molecule has 14 N–H and O–H groups in total. The molecule has 66 heavy (non-hydrogen) atoms. The second-order valence-corrected chi connectivity index (χ2v) is 16.0. The molecule has 6 unspecified atom stereocenters. The van der Waals surface area contributed by atoms with E-state index >= 15 is 0 Å². The number of nitrogens with zero attached hydrogens (tertiary/aromatic N) is 7. The summed E-state index contributed by atoms with van der Waals surface area (Å²) in [6.07, 6.45) is -7.17. The Morgan fingerprint density at radius 2 is 1.76 bits per heavy atom. The number of carboxylic acid groups (broad SMARTS) is 1. The average Bonchev–Trinajstić information content (AvgIpc) is 3.81. The second kappa shape index (κ2) is 21.0. The molecule has 5 aromatic rings. The lowest BCUT2D eigenvalue weighted by molar-refractivity contribution is -0.139. The largest absolute Gasteiger partial charge is 0.480 e. The summed E-state index contributed by atoms with van der Waals surface area (Å²) in [7, 11) is -4.98. The van der Waals surface area contributed by atoms with Gasteiger partial charge in [-0.05, 0) is 37.6 Å². The predicted octanol–water partition coefficient (Wildman–Crippen LogP) is -2.44. The van der Waals surface area contributed by atoms with E-state index in [4.69, 9.17) is 25.3 Å². The van der Waals surface area contributed by atoms with Crippen molar-refractivity contribution in [3.8, 4) is 0 Å². The molecule has 0 spiro atoms. The Hall–Kier alpha value is -6.85. The minimum atomic E-state index is -4.98. The van der Waals surface area contributed by atoms with Gasteiger partial charge in [0.1, 0.15) is 24.4 Å². The van der Waals surface area contributed by atoms with Crippen molar-refractivity contribution in [2.24, 2.45) is 0 Å². The molecule has 354 valence electrons. The third-order valence-electron chi connectivity index (χ3n) is 9.89. The number of carboxylic acids is 1. The molecule has 8 atom stereocenters. The van der Waals surface area contributed by atoms with Gasteiger partial charge in [-0.3, -0.25) is 37.8 Å². The van der Waals surface area contributed by atoms with E-state index in [-0.39, 0.29) is 72.0 Å². The number of aliphatic hydroxyl groups excluding tert-OH is 3. The first-order chi connectivity index (χ1) is 31.3. The van der Waals surface area contributed by atoms with Crippen LogP contribution in [0.2, 0.25) is 0 Å². The summed E-state index contributed by atoms with van der Waals surface area (Å²) >= 11 is 0. The summed E-state index contributed by atoms with van der Waals surface area (Å²) in [5, 5.41) is 51.0. The minimum Gasteiger partial charge on any atom is -0.480 e. The van der Waals surface area contributed by atoms with Crippen molar-refractivity contribution in [2.45, 2.75) is 75.5 Å². The van der Waals surface area contributed by atoms with E-state index in [2.05, 4.69) is 56.2 Å². The molecule has 5 heterocycles. The van der Waals surface area contributed by atoms with Crippen molar-refractivity contribution in [2.75, 3.05) is 36.5 Å². The number of nitrogens with two attached hydrogens (primary N) is 2. The fourth-order valence-electron chi connectivity index (χ4n) is 6.43. The molecule has 0 radical (unpaired) electrons. The first-order valence-corrected chi connectivity index (χ1v) is 21.2. The number of hydrogen-bond donors (Lipinski definition) is 12. The minimum absolute atomic E-state index is 0.00644. The van der Waals surface area contributed by atoms with Crippen molar-refractivity contribution in [3.05, 3.63) is 64.5 Å². The second-order valence-electron chi connectivity index (χ2n) is 14.6. The number of aliphatic carboxylic acids is 1. The number of carbonyl (C=O) groups excluding carboxylic acids is 3. The van der Waals surface area contributed by atoms with Crippen LogP contribution in [0.15, 0.2) is 41.6 Å². The van der Waals surface area contributed by atoms with Crippen LogP contribution in [-0.2, 0) is 39.3 Å². The van der Waals surface area contributed by atoms with Gasteiger partial charge in [-0.1, -0.05) is 0 Å². The number of nitrogen functional groups attached to an aromatic ring is 2. The molecule has 6 rings (SSSR count). The molecule has 4 aromatic heterocycles. The van der Waals surface area contributed by atoms with Crippen molar-refractivity contribution in [3.63, 3.8) is 0 Å². The van der Waals surface area contributed by atoms with Crippen molar-refractivity contribution >= 4 is 71.3 Å². The Balaban J connectivity index is 0.890. The van der Waals surface area contributed by atoms with Gasteiger partial charge in [0.15, 0.2) is 34.4 Å². The number of amides is 3. The molecule has 0 aliphatic carbocycles. The monoisotopic (exact) mass is 946 g/mol. The van der Waals surface area contributed by atoms with Crippen LogP contribution in [-0.4, -0.2) is 145 Å². The molecule has 1 saturated heterocycles. The highest BCUT2D eigenvalue weighted by molar-refractivity contribution is 7.47. The number of H-pyrrole nitrogens is 1. The number of aromatic nitrogens is 8. The van der Waals surface area contributed by atoms with Gasteiger partial charge in [0.2, 0.25) is 17.8 Å². The van der Waals surface area contributed by atoms with Gasteiger partial charge in [-0.15, -0.1) is 0 Å². The number of halogens is 1. The van der Waals surface area contributed by atoms with E-state index < -0.39 is 99.1 Å². The molecule has 1 aliphatic rings. The fraction of sp³-hybridized carbons (Fsp3) is 0.417. The van der Waals surface area contributed by atoms with E-state index in [0.29, 0.717) is 11.4 Å². The van der Waals surface area contributed by atoms with Gasteiger partial charge in [0.25, 0.3) is 11.5 Å². The lowest BCUT2D eigenvalue weighted by atomic mass is 10.1. The number of aromatic amines is 1. The summed E-state index contributed by atoms with van der Waals surface area (Å²) in [4.78, 5) is 97.9. The van der Waals surface area contributed by atoms with Crippen LogP contribution in [0.4, 0.5) is 21.8 Å². The quantitative estimate of drug-likeness (QED) is 0.0268. The third-order valence-corrected chi connectivity index (χ3v) is 11.0. The Morgan fingerprint density at radius 1 is 1.02 bits per heavy atom. The molecule has 0 saturated carbocycles. The number of anilines is 3. The summed E-state index contributed by atoms with van der Waals surface area (Å²) in [5.74, 6) is -3.88. The van der Waals surface area contributed by atoms with E-state index in [1.807, 2.05) is 0 Å². The first-order valence-electron chi connectivity index (χ1n) is 19.7. The SMILES string of the molecule is CC(OP(=O)(O)OCC1OC(n2cnc3c(N)nc(F)nc32)[C@H](O)[C@H]1O)C(CO)NC(=O)CCNC(=O)CCC(NC(=O)c1ccc(NCc2cnc3nc(N)[nH]c(=O)c3n2)cc1)C(=O)O. The average molecular weight is 947 g/mol. The molecule has 1 aromatic carbocycles. The van der Waals surface area contributed by atoms with E-state index in [1.54, 1.807) is 12.1 Å². The van der Waals surface area contributed by atoms with E-state index in [0.717, 1.165) is 10.9 Å². The van der Waals surface area contributed by atoms with Gasteiger partial charge in [-0.25, -0.2) is 24.3 Å². The third kappa shape index (κ3) is 12.1. The van der Waals surface area contributed by atoms with Gasteiger partial charge in [-0.2, -0.15) is 19.3 Å². The molecule has 1 aliphatic heterocycles. The Morgan fingerprint density at radius 3 is 2.47 bits per heavy atom. The maximum Gasteiger partial charge on any atom is 0.472 e. The molecular weight excluding hydrogens is 902 g/mol. The zero-order valence-corrected chi connectivity index (χ0v) is 35.4. The van der Waals surface area contributed by atoms with Gasteiger partial charge in [0.05, 0.1) is 50.1 Å². The predicted molar refractivity (Wildman–Crippen MR) is 223 cm³/mol. The smallest absolute Gasteiger partial charge is 0.472 e. The number of ether oxygens (including phenoxy) is 1. The summed E-state index contributed by atoms with van der Waals surface area (Å²) in [6, 6.07) is 3.29. The molecule has 3 amide bonds. The first kappa shape index (κ1) is 48.6. The van der Waals surface area contributed by atoms with Crippen LogP contribution in [0.3, 0.4) is 0 Å². The zero-order chi connectivity index (χ0) is 47.9. The lowest BCUT2D eigenvalue weighted by Crippen LogP contribution is -2.46. The summed E-state index contributed by atoms with van der Waals surface area (Å²) in [5.41, 5.74) is 11.6. The van der Waals surface area contributed by atoms with Gasteiger partial charge < -0.3 is 62.8 Å². The van der Waals surface area contributed by atoms with Crippen LogP contribution in [0.5, 0.6) is 0 Å². The van der Waals surface area contributed by atoms with Crippen LogP contribution in [0.25, 0.3) is 22.3 Å². The fourth-order valence-corrected chi connectivity index (χ4v) is 7.40. The van der Waals surface area contributed by atoms with Crippen LogP contribution < -0.4 is 38.3 Å². The topological polar surface area (TPSA) is 429 Å². The van der Waals surface area contributed by atoms with Crippen molar-refractivity contribution < 1.29 is 67.2 Å². The maximum atomic E-state index is 13.8. The number of phosphoric ester groups is 1. The normalized spacial score (nSPS) is 19.4. The highest BCUT2D eigenvalue weighted by atomic mass is 31.2. The Kier molecular flexibility index (Phi) is 15.4. The van der Waals surface area contributed by atoms with Crippen LogP contribution in [0.1, 0.15) is 48.5 Å². The molecular formula is C36H44FN14O14P. The summed E-state index contributed by atoms with van der Waals surface area (Å²) < 4.78 is 43.3. The van der Waals surface area contributed by atoms with Crippen LogP contribution >= 0.6 is 7.82 Å².